The van der Waals surface area contributed by atoms with E-state index in [0.29, 0.717) is 16.2 Å². The molecule has 2 N–H and O–H groups in total. The van der Waals surface area contributed by atoms with Crippen molar-refractivity contribution >= 4 is 24.0 Å². The van der Waals surface area contributed by atoms with E-state index in [0.717, 1.165) is 5.56 Å². The van der Waals surface area contributed by atoms with Crippen LogP contribution < -0.4 is 10.1 Å². The van der Waals surface area contributed by atoms with Crippen LogP contribution in [0.1, 0.15) is 11.1 Å². The van der Waals surface area contributed by atoms with Crippen molar-refractivity contribution in [3.8, 4) is 5.75 Å². The predicted molar refractivity (Wildman–Crippen MR) is 93.0 cm³/mol. The van der Waals surface area contributed by atoms with Gasteiger partial charge in [0, 0.05) is 0 Å². The molecule has 0 aromatic heterocycles. The molecular weight excluding hydrogens is 355 g/mol. The van der Waals surface area contributed by atoms with E-state index in [1.807, 2.05) is 0 Å². The van der Waals surface area contributed by atoms with Crippen LogP contribution in [0.15, 0.2) is 54.2 Å². The van der Waals surface area contributed by atoms with Gasteiger partial charge in [-0.2, -0.15) is 0 Å². The zero-order valence-electron chi connectivity index (χ0n) is 14.0. The van der Waals surface area contributed by atoms with Crippen LogP contribution in [-0.2, 0) is 16.2 Å². The largest absolute Gasteiger partial charge is 0.489 e. The molecule has 27 heavy (non-hydrogen) atoms. The third-order valence-corrected chi connectivity index (χ3v) is 3.74. The maximum Gasteiger partial charge on any atom is 0.329 e. The van der Waals surface area contributed by atoms with Crippen LogP contribution in [-0.4, -0.2) is 34.5 Å². The minimum Gasteiger partial charge on any atom is -0.489 e. The number of aliphatic carboxylic acids is 1. The maximum atomic E-state index is 12.9. The summed E-state index contributed by atoms with van der Waals surface area (Å²) in [6, 6.07) is 11.9. The number of rotatable bonds is 6. The zero-order chi connectivity index (χ0) is 19.4. The summed E-state index contributed by atoms with van der Waals surface area (Å²) in [5.74, 6) is -1.79. The van der Waals surface area contributed by atoms with E-state index in [1.165, 1.54) is 18.2 Å². The number of carboxylic acids is 1. The Bertz CT molecular complexity index is 924. The fourth-order valence-electron chi connectivity index (χ4n) is 2.46. The number of imide groups is 1. The first-order valence-corrected chi connectivity index (χ1v) is 7.96. The number of nitrogens with one attached hydrogen (secondary N) is 1. The molecule has 1 saturated heterocycles. The van der Waals surface area contributed by atoms with Crippen LogP contribution in [0.3, 0.4) is 0 Å². The van der Waals surface area contributed by atoms with Crippen molar-refractivity contribution in [2.24, 2.45) is 0 Å². The molecule has 0 atom stereocenters. The average molecular weight is 370 g/mol. The van der Waals surface area contributed by atoms with E-state index in [9.17, 15) is 18.8 Å². The number of halogens is 1. The Hall–Kier alpha value is -3.68. The summed E-state index contributed by atoms with van der Waals surface area (Å²) in [5, 5.41) is 11.1. The Labute approximate surface area is 153 Å². The molecule has 3 amide bonds. The normalized spacial score (nSPS) is 15.1. The van der Waals surface area contributed by atoms with Crippen molar-refractivity contribution in [1.29, 1.82) is 0 Å². The molecular formula is C19H15FN2O5. The van der Waals surface area contributed by atoms with E-state index >= 15 is 0 Å². The van der Waals surface area contributed by atoms with Crippen LogP contribution in [0, 0.1) is 5.82 Å². The van der Waals surface area contributed by atoms with Crippen molar-refractivity contribution in [3.63, 3.8) is 0 Å². The molecule has 7 nitrogen and oxygen atoms in total. The highest BCUT2D eigenvalue weighted by atomic mass is 19.1. The smallest absolute Gasteiger partial charge is 0.329 e. The molecule has 0 aliphatic carbocycles. The summed E-state index contributed by atoms with van der Waals surface area (Å²) in [7, 11) is 0. The number of nitrogens with zero attached hydrogens (tertiary/aromatic N) is 1. The van der Waals surface area contributed by atoms with Crippen molar-refractivity contribution in [2.45, 2.75) is 6.61 Å². The summed E-state index contributed by atoms with van der Waals surface area (Å²) in [5.41, 5.74) is 1.37. The Morgan fingerprint density at radius 3 is 2.63 bits per heavy atom. The van der Waals surface area contributed by atoms with Gasteiger partial charge in [-0.15, -0.1) is 0 Å². The van der Waals surface area contributed by atoms with E-state index in [4.69, 9.17) is 9.84 Å². The maximum absolute atomic E-state index is 12.9. The predicted octanol–water partition coefficient (Wildman–Crippen LogP) is 2.38. The van der Waals surface area contributed by atoms with Crippen molar-refractivity contribution < 1.29 is 28.6 Å². The highest BCUT2D eigenvalue weighted by Crippen LogP contribution is 2.19. The molecule has 1 aliphatic heterocycles. The van der Waals surface area contributed by atoms with Crippen molar-refractivity contribution in [1.82, 2.24) is 10.2 Å². The average Bonchev–Trinajstić information content (AvgIpc) is 2.89. The molecule has 0 bridgehead atoms. The fraction of sp³-hybridized carbons (Fsp3) is 0.105. The molecule has 0 spiro atoms. The molecule has 2 aromatic rings. The number of ether oxygens (including phenoxy) is 1. The summed E-state index contributed by atoms with van der Waals surface area (Å²) in [6.07, 6.45) is 1.44. The second-order valence-corrected chi connectivity index (χ2v) is 5.76. The van der Waals surface area contributed by atoms with E-state index < -0.39 is 24.5 Å². The highest BCUT2D eigenvalue weighted by molar-refractivity contribution is 6.15. The summed E-state index contributed by atoms with van der Waals surface area (Å²) >= 11 is 0. The Morgan fingerprint density at radius 1 is 1.19 bits per heavy atom. The first-order chi connectivity index (χ1) is 12.9. The van der Waals surface area contributed by atoms with Crippen LogP contribution in [0.25, 0.3) is 6.08 Å². The number of carbonyl (C=O) groups excluding carboxylic acids is 2. The lowest BCUT2D eigenvalue weighted by Crippen LogP contribution is -2.35. The van der Waals surface area contributed by atoms with Crippen LogP contribution in [0.2, 0.25) is 0 Å². The lowest BCUT2D eigenvalue weighted by molar-refractivity contribution is -0.140. The van der Waals surface area contributed by atoms with Gasteiger partial charge in [0.25, 0.3) is 5.91 Å². The first kappa shape index (κ1) is 18.1. The lowest BCUT2D eigenvalue weighted by atomic mass is 10.1. The van der Waals surface area contributed by atoms with E-state index in [1.54, 1.807) is 36.4 Å². The van der Waals surface area contributed by atoms with Crippen LogP contribution in [0.5, 0.6) is 5.75 Å². The van der Waals surface area contributed by atoms with Gasteiger partial charge in [-0.25, -0.2) is 14.1 Å². The van der Waals surface area contributed by atoms with Gasteiger partial charge >= 0.3 is 12.0 Å². The van der Waals surface area contributed by atoms with Crippen molar-refractivity contribution in [3.05, 3.63) is 71.2 Å². The molecule has 8 heteroatoms. The van der Waals surface area contributed by atoms with Gasteiger partial charge in [0.05, 0.1) is 0 Å². The van der Waals surface area contributed by atoms with Gasteiger partial charge in [0.1, 0.15) is 30.4 Å². The van der Waals surface area contributed by atoms with Crippen LogP contribution in [0.4, 0.5) is 9.18 Å². The quantitative estimate of drug-likeness (QED) is 0.601. The van der Waals surface area contributed by atoms with Gasteiger partial charge in [0.2, 0.25) is 0 Å². The van der Waals surface area contributed by atoms with E-state index in [-0.39, 0.29) is 18.1 Å². The minimum atomic E-state index is -1.28. The second-order valence-electron chi connectivity index (χ2n) is 5.76. The van der Waals surface area contributed by atoms with Gasteiger partial charge in [-0.05, 0) is 41.5 Å². The minimum absolute atomic E-state index is 0.0167. The topological polar surface area (TPSA) is 95.9 Å². The van der Waals surface area contributed by atoms with E-state index in [2.05, 4.69) is 5.32 Å². The Balaban J connectivity index is 1.71. The number of amides is 3. The summed E-state index contributed by atoms with van der Waals surface area (Å²) < 4.78 is 18.6. The number of hydrogen-bond acceptors (Lipinski definition) is 4. The molecule has 0 unspecified atom stereocenters. The number of hydrogen-bond donors (Lipinski definition) is 2. The first-order valence-electron chi connectivity index (χ1n) is 7.96. The Morgan fingerprint density at radius 2 is 1.93 bits per heavy atom. The Kier molecular flexibility index (Phi) is 5.16. The fourth-order valence-corrected chi connectivity index (χ4v) is 2.46. The molecule has 1 heterocycles. The SMILES string of the molecule is O=C(O)CN1C(=O)N/C(=C/c2cccc(OCc3ccc(F)cc3)c2)C1=O. The zero-order valence-corrected chi connectivity index (χ0v) is 14.0. The van der Waals surface area contributed by atoms with Gasteiger partial charge < -0.3 is 15.2 Å². The molecule has 0 radical (unpaired) electrons. The monoisotopic (exact) mass is 370 g/mol. The highest BCUT2D eigenvalue weighted by Gasteiger charge is 2.34. The molecule has 2 aromatic carbocycles. The molecule has 1 fully saturated rings. The van der Waals surface area contributed by atoms with Gasteiger partial charge in [0.15, 0.2) is 0 Å². The summed E-state index contributed by atoms with van der Waals surface area (Å²) in [4.78, 5) is 35.2. The van der Waals surface area contributed by atoms with Gasteiger partial charge in [-0.1, -0.05) is 24.3 Å². The third kappa shape index (κ3) is 4.49. The summed E-state index contributed by atoms with van der Waals surface area (Å²) in [6.45, 7) is -0.467. The second kappa shape index (κ2) is 7.69. The number of benzene rings is 2. The van der Waals surface area contributed by atoms with Crippen LogP contribution >= 0.6 is 0 Å². The third-order valence-electron chi connectivity index (χ3n) is 3.74. The molecule has 0 saturated carbocycles. The van der Waals surface area contributed by atoms with Gasteiger partial charge in [-0.3, -0.25) is 9.59 Å². The number of carboxylic acid groups (broad SMARTS) is 1. The number of urea groups is 1. The lowest BCUT2D eigenvalue weighted by Gasteiger charge is -2.08. The number of carbonyl (C=O) groups is 3. The molecule has 3 rings (SSSR count). The standard InChI is InChI=1S/C19H15FN2O5/c20-14-6-4-12(5-7-14)11-27-15-3-1-2-13(8-15)9-16-18(25)22(10-17(23)24)19(26)21-16/h1-9H,10-11H2,(H,21,26)(H,23,24)/b16-9+. The van der Waals surface area contributed by atoms with Crippen molar-refractivity contribution in [2.75, 3.05) is 6.54 Å². The molecule has 1 aliphatic rings. The molecule has 138 valence electrons.